The number of aliphatic carboxylic acids is 2. The van der Waals surface area contributed by atoms with Crippen LogP contribution in [0.5, 0.6) is 0 Å². The van der Waals surface area contributed by atoms with Gasteiger partial charge in [0.25, 0.3) is 0 Å². The molecule has 23 heavy (non-hydrogen) atoms. The highest BCUT2D eigenvalue weighted by Gasteiger charge is 2.49. The quantitative estimate of drug-likeness (QED) is 0.409. The minimum atomic E-state index is -0.773. The third-order valence-electron chi connectivity index (χ3n) is 5.08. The molecule has 1 fully saturated rings. The van der Waals surface area contributed by atoms with Gasteiger partial charge in [-0.05, 0) is 31.6 Å². The predicted octanol–water partition coefficient (Wildman–Crippen LogP) is 4.72. The lowest BCUT2D eigenvalue weighted by molar-refractivity contribution is -0.154. The molecule has 0 aromatic rings. The van der Waals surface area contributed by atoms with Crippen molar-refractivity contribution in [3.8, 4) is 0 Å². The zero-order valence-corrected chi connectivity index (χ0v) is 15.9. The van der Waals surface area contributed by atoms with Gasteiger partial charge in [0.05, 0.1) is 11.8 Å². The Morgan fingerprint density at radius 2 is 1.83 bits per heavy atom. The number of hydrogen-bond acceptors (Lipinski definition) is 4. The van der Waals surface area contributed by atoms with Crippen LogP contribution in [0.4, 0.5) is 0 Å². The number of thioether (sulfide) groups is 2. The van der Waals surface area contributed by atoms with E-state index in [1.807, 2.05) is 6.92 Å². The highest BCUT2D eigenvalue weighted by atomic mass is 32.2. The molecular weight excluding hydrogens is 332 g/mol. The van der Waals surface area contributed by atoms with Crippen molar-refractivity contribution in [2.24, 2.45) is 11.3 Å². The summed E-state index contributed by atoms with van der Waals surface area (Å²) < 4.78 is 0. The lowest BCUT2D eigenvalue weighted by atomic mass is 9.64. The summed E-state index contributed by atoms with van der Waals surface area (Å²) >= 11 is 3.32. The molecule has 0 aromatic carbocycles. The van der Waals surface area contributed by atoms with Gasteiger partial charge in [0.2, 0.25) is 0 Å². The van der Waals surface area contributed by atoms with E-state index in [1.165, 1.54) is 6.42 Å². The van der Waals surface area contributed by atoms with Crippen molar-refractivity contribution in [1.82, 2.24) is 0 Å². The molecule has 1 rings (SSSR count). The maximum atomic E-state index is 12.2. The van der Waals surface area contributed by atoms with Crippen LogP contribution in [0.1, 0.15) is 65.2 Å². The van der Waals surface area contributed by atoms with Crippen molar-refractivity contribution in [2.75, 3.05) is 10.8 Å². The number of rotatable bonds is 11. The molecule has 0 amide bonds. The molecule has 6 heteroatoms. The molecule has 0 heterocycles. The second-order valence-corrected chi connectivity index (χ2v) is 8.93. The van der Waals surface area contributed by atoms with Gasteiger partial charge in [-0.2, -0.15) is 11.8 Å². The van der Waals surface area contributed by atoms with Gasteiger partial charge in [-0.25, -0.2) is 0 Å². The average molecular weight is 363 g/mol. The van der Waals surface area contributed by atoms with Crippen molar-refractivity contribution < 1.29 is 19.8 Å². The number of hydrogen-bond donors (Lipinski definition) is 2. The maximum Gasteiger partial charge on any atom is 0.311 e. The molecule has 2 atom stereocenters. The zero-order valence-electron chi connectivity index (χ0n) is 14.3. The third kappa shape index (κ3) is 5.59. The second-order valence-electron chi connectivity index (χ2n) is 6.27. The minimum Gasteiger partial charge on any atom is -0.481 e. The van der Waals surface area contributed by atoms with Crippen LogP contribution in [0.2, 0.25) is 0 Å². The fraction of sp³-hybridized carbons (Fsp3) is 0.882. The topological polar surface area (TPSA) is 74.6 Å². The molecular formula is C17H30O4S2. The molecule has 1 aliphatic carbocycles. The molecule has 0 spiro atoms. The fourth-order valence-corrected chi connectivity index (χ4v) is 6.67. The molecule has 1 aliphatic rings. The summed E-state index contributed by atoms with van der Waals surface area (Å²) in [6.07, 6.45) is 7.28. The Morgan fingerprint density at radius 1 is 1.17 bits per heavy atom. The molecule has 134 valence electrons. The Morgan fingerprint density at radius 3 is 2.30 bits per heavy atom. The van der Waals surface area contributed by atoms with Crippen LogP contribution in [0.15, 0.2) is 0 Å². The summed E-state index contributed by atoms with van der Waals surface area (Å²) in [5, 5.41) is 19.6. The Balaban J connectivity index is 2.72. The molecule has 0 saturated heterocycles. The van der Waals surface area contributed by atoms with E-state index in [4.69, 9.17) is 5.11 Å². The van der Waals surface area contributed by atoms with Gasteiger partial charge in [-0.1, -0.05) is 33.1 Å². The Bertz CT molecular complexity index is 383. The van der Waals surface area contributed by atoms with E-state index in [0.717, 1.165) is 37.2 Å². The predicted molar refractivity (Wildman–Crippen MR) is 98.2 cm³/mol. The summed E-state index contributed by atoms with van der Waals surface area (Å²) in [4.78, 5) is 22.8. The molecule has 1 saturated carbocycles. The SMILES string of the molecule is CCC(SCSCCC(=O)O)C(CC)(C(=O)O)C1CCCCC1. The van der Waals surface area contributed by atoms with Crippen LogP contribution in [-0.2, 0) is 9.59 Å². The first kappa shape index (κ1) is 20.7. The smallest absolute Gasteiger partial charge is 0.311 e. The van der Waals surface area contributed by atoms with Gasteiger partial charge in [-0.15, -0.1) is 11.8 Å². The Hall–Kier alpha value is -0.360. The lowest BCUT2D eigenvalue weighted by Gasteiger charge is -2.43. The normalized spacial score (nSPS) is 19.9. The highest BCUT2D eigenvalue weighted by molar-refractivity contribution is 8.16. The van der Waals surface area contributed by atoms with Gasteiger partial charge >= 0.3 is 11.9 Å². The Labute approximate surface area is 148 Å². The number of carboxylic acid groups (broad SMARTS) is 2. The van der Waals surface area contributed by atoms with E-state index in [2.05, 4.69) is 6.92 Å². The first-order chi connectivity index (χ1) is 11.0. The molecule has 0 aliphatic heterocycles. The standard InChI is InChI=1S/C17H30O4S2/c1-3-14(23-12-22-11-10-15(18)19)17(4-2,16(20)21)13-8-6-5-7-9-13/h13-14H,3-12H2,1-2H3,(H,18,19)(H,20,21). The van der Waals surface area contributed by atoms with Crippen LogP contribution < -0.4 is 0 Å². The highest BCUT2D eigenvalue weighted by Crippen LogP contribution is 2.49. The van der Waals surface area contributed by atoms with Crippen molar-refractivity contribution >= 4 is 35.5 Å². The van der Waals surface area contributed by atoms with Crippen LogP contribution in [-0.4, -0.2) is 38.2 Å². The number of carbonyl (C=O) groups is 2. The van der Waals surface area contributed by atoms with E-state index < -0.39 is 17.4 Å². The Kier molecular flexibility index (Phi) is 9.44. The van der Waals surface area contributed by atoms with Crippen LogP contribution in [0, 0.1) is 11.3 Å². The molecule has 2 N–H and O–H groups in total. The van der Waals surface area contributed by atoms with Crippen LogP contribution in [0.25, 0.3) is 0 Å². The van der Waals surface area contributed by atoms with Gasteiger partial charge in [-0.3, -0.25) is 9.59 Å². The molecule has 4 nitrogen and oxygen atoms in total. The fourth-order valence-electron chi connectivity index (χ4n) is 3.84. The van der Waals surface area contributed by atoms with Gasteiger partial charge < -0.3 is 10.2 Å². The first-order valence-electron chi connectivity index (χ1n) is 8.63. The minimum absolute atomic E-state index is 0.102. The van der Waals surface area contributed by atoms with Gasteiger partial charge in [0.1, 0.15) is 0 Å². The molecule has 0 radical (unpaired) electrons. The van der Waals surface area contributed by atoms with E-state index >= 15 is 0 Å². The number of carboxylic acids is 2. The molecule has 2 unspecified atom stereocenters. The van der Waals surface area contributed by atoms with E-state index in [1.54, 1.807) is 23.5 Å². The van der Waals surface area contributed by atoms with Crippen LogP contribution >= 0.6 is 23.5 Å². The summed E-state index contributed by atoms with van der Waals surface area (Å²) in [6.45, 7) is 4.10. The van der Waals surface area contributed by atoms with Gasteiger partial charge in [0, 0.05) is 16.1 Å². The summed E-state index contributed by atoms with van der Waals surface area (Å²) in [5.74, 6) is -0.541. The van der Waals surface area contributed by atoms with Crippen molar-refractivity contribution in [3.05, 3.63) is 0 Å². The van der Waals surface area contributed by atoms with E-state index in [-0.39, 0.29) is 17.6 Å². The summed E-state index contributed by atoms with van der Waals surface area (Å²) in [7, 11) is 0. The maximum absolute atomic E-state index is 12.2. The second kappa shape index (κ2) is 10.5. The van der Waals surface area contributed by atoms with Crippen molar-refractivity contribution in [3.63, 3.8) is 0 Å². The van der Waals surface area contributed by atoms with E-state index in [9.17, 15) is 14.7 Å². The van der Waals surface area contributed by atoms with E-state index in [0.29, 0.717) is 12.2 Å². The van der Waals surface area contributed by atoms with Crippen LogP contribution in [0.3, 0.4) is 0 Å². The monoisotopic (exact) mass is 362 g/mol. The van der Waals surface area contributed by atoms with Crippen molar-refractivity contribution in [1.29, 1.82) is 0 Å². The van der Waals surface area contributed by atoms with Crippen molar-refractivity contribution in [2.45, 2.75) is 70.5 Å². The average Bonchev–Trinajstić information content (AvgIpc) is 2.54. The third-order valence-corrected chi connectivity index (χ3v) is 7.94. The molecule has 0 bridgehead atoms. The largest absolute Gasteiger partial charge is 0.481 e. The summed E-state index contributed by atoms with van der Waals surface area (Å²) in [5.41, 5.74) is -0.632. The van der Waals surface area contributed by atoms with Gasteiger partial charge in [0.15, 0.2) is 0 Å². The molecule has 0 aromatic heterocycles. The summed E-state index contributed by atoms with van der Waals surface area (Å²) in [6, 6.07) is 0. The zero-order chi connectivity index (χ0) is 17.3. The first-order valence-corrected chi connectivity index (χ1v) is 10.8. The lowest BCUT2D eigenvalue weighted by Crippen LogP contribution is -2.47.